The normalized spacial score (nSPS) is 51.2. The summed E-state index contributed by atoms with van der Waals surface area (Å²) in [5.41, 5.74) is -4.71. The lowest BCUT2D eigenvalue weighted by molar-refractivity contribution is -0.318. The van der Waals surface area contributed by atoms with Crippen LogP contribution in [0.15, 0.2) is 0 Å². The maximum Gasteiger partial charge on any atom is 0.311 e. The van der Waals surface area contributed by atoms with Crippen LogP contribution < -0.4 is 0 Å². The number of esters is 1. The van der Waals surface area contributed by atoms with Gasteiger partial charge in [-0.3, -0.25) is 4.79 Å². The fourth-order valence-corrected chi connectivity index (χ4v) is 8.59. The van der Waals surface area contributed by atoms with E-state index in [-0.39, 0.29) is 31.4 Å². The van der Waals surface area contributed by atoms with Gasteiger partial charge in [0, 0.05) is 31.4 Å². The molecular weight excluding hydrogens is 666 g/mol. The first-order valence-electron chi connectivity index (χ1n) is 18.6. The largest absolute Gasteiger partial charge is 0.459 e. The Kier molecular flexibility index (Phi) is 15.0. The van der Waals surface area contributed by atoms with Crippen molar-refractivity contribution in [2.75, 3.05) is 21.2 Å². The molecule has 6 N–H and O–H groups in total. The van der Waals surface area contributed by atoms with Crippen molar-refractivity contribution >= 4 is 5.97 Å². The molecule has 51 heavy (non-hydrogen) atoms. The van der Waals surface area contributed by atoms with Crippen LogP contribution in [0.3, 0.4) is 0 Å². The standard InChI is InChI=1S/C37H69NO13/c1-14-25-37(10,45)30(41)20(4)27(39)18(2)16-35(8,44)32(51-34-28(40)24(38(11)12)15-19(3)47-34)21(5)29(22(6)33(43)49-25)50-26-17-36(9,46-13)31(42)23(7)48-26/h18-32,34,39-42,44-45H,14-17H2,1-13H3/t18-,19-,20+,21+,22-,23+,24+,25-,26?,27+,28-,29+,30-,31+,32-,34?,35+,36-,37-/m1/s1. The number of nitrogens with zero attached hydrogens (tertiary/aromatic N) is 1. The highest BCUT2D eigenvalue weighted by Gasteiger charge is 2.53. The molecule has 0 amide bonds. The van der Waals surface area contributed by atoms with Gasteiger partial charge < -0.3 is 64.0 Å². The molecule has 19 atom stereocenters. The van der Waals surface area contributed by atoms with Crippen molar-refractivity contribution in [2.45, 2.75) is 185 Å². The van der Waals surface area contributed by atoms with Crippen molar-refractivity contribution in [3.63, 3.8) is 0 Å². The fourth-order valence-electron chi connectivity index (χ4n) is 8.59. The molecule has 0 aromatic heterocycles. The van der Waals surface area contributed by atoms with Crippen LogP contribution in [-0.4, -0.2) is 153 Å². The molecule has 0 aromatic rings. The maximum atomic E-state index is 14.1. The highest BCUT2D eigenvalue weighted by atomic mass is 16.7. The predicted octanol–water partition coefficient (Wildman–Crippen LogP) is 1.58. The zero-order valence-corrected chi connectivity index (χ0v) is 33.1. The van der Waals surface area contributed by atoms with Gasteiger partial charge in [0.25, 0.3) is 0 Å². The Morgan fingerprint density at radius 3 is 2.02 bits per heavy atom. The van der Waals surface area contributed by atoms with Gasteiger partial charge in [0.05, 0.1) is 53.7 Å². The summed E-state index contributed by atoms with van der Waals surface area (Å²) in [4.78, 5) is 16.0. The SMILES string of the molecule is CC[C@H]1OC(=O)[C@H](C)[C@@H](OC2C[C@@](C)(OC)[C@@H](O)[C@H](C)O2)[C@H](C)[C@@H](OC2O[C@H](C)C[C@H](N(C)C)[C@H]2O)[C@@](C)(O)C[C@@H](C)[C@H](O)[C@H](C)[C@@H](O)[C@]1(C)O. The second kappa shape index (κ2) is 17.2. The van der Waals surface area contributed by atoms with Gasteiger partial charge in [-0.2, -0.15) is 0 Å². The number of methoxy groups -OCH3 is 1. The first-order chi connectivity index (χ1) is 23.4. The molecule has 3 heterocycles. The van der Waals surface area contributed by atoms with Gasteiger partial charge in [0.2, 0.25) is 0 Å². The number of hydrogen-bond donors (Lipinski definition) is 6. The van der Waals surface area contributed by atoms with E-state index < -0.39 is 108 Å². The number of rotatable bonds is 7. The summed E-state index contributed by atoms with van der Waals surface area (Å²) in [6, 6.07) is -0.310. The minimum absolute atomic E-state index is 0.0362. The maximum absolute atomic E-state index is 14.1. The van der Waals surface area contributed by atoms with Crippen molar-refractivity contribution < 1.29 is 63.9 Å². The second-order valence-electron chi connectivity index (χ2n) is 16.7. The highest BCUT2D eigenvalue weighted by molar-refractivity contribution is 5.73. The zero-order chi connectivity index (χ0) is 39.0. The van der Waals surface area contributed by atoms with Crippen LogP contribution in [0, 0.1) is 23.7 Å². The van der Waals surface area contributed by atoms with E-state index in [9.17, 15) is 35.4 Å². The fraction of sp³-hybridized carbons (Fsp3) is 0.973. The van der Waals surface area contributed by atoms with Crippen molar-refractivity contribution in [2.24, 2.45) is 23.7 Å². The number of ether oxygens (including phenoxy) is 6. The van der Waals surface area contributed by atoms with Gasteiger partial charge in [-0.1, -0.05) is 27.7 Å². The summed E-state index contributed by atoms with van der Waals surface area (Å²) < 4.78 is 37.2. The van der Waals surface area contributed by atoms with Gasteiger partial charge in [0.15, 0.2) is 12.6 Å². The molecule has 300 valence electrons. The molecule has 0 spiro atoms. The lowest BCUT2D eigenvalue weighted by Crippen LogP contribution is -2.61. The monoisotopic (exact) mass is 735 g/mol. The minimum Gasteiger partial charge on any atom is -0.459 e. The topological polar surface area (TPSA) is 197 Å². The van der Waals surface area contributed by atoms with Gasteiger partial charge >= 0.3 is 5.97 Å². The smallest absolute Gasteiger partial charge is 0.311 e. The molecule has 0 bridgehead atoms. The molecule has 14 heteroatoms. The van der Waals surface area contributed by atoms with Gasteiger partial charge in [-0.15, -0.1) is 0 Å². The molecular formula is C37H69NO13. The molecule has 3 fully saturated rings. The third-order valence-electron chi connectivity index (χ3n) is 12.0. The van der Waals surface area contributed by atoms with Crippen LogP contribution in [0.25, 0.3) is 0 Å². The number of cyclic esters (lactones) is 1. The second-order valence-corrected chi connectivity index (χ2v) is 16.7. The van der Waals surface area contributed by atoms with Crippen LogP contribution in [0.4, 0.5) is 0 Å². The Balaban J connectivity index is 2.18. The third-order valence-corrected chi connectivity index (χ3v) is 12.0. The van der Waals surface area contributed by atoms with Crippen molar-refractivity contribution in [1.82, 2.24) is 4.90 Å². The summed E-state index contributed by atoms with van der Waals surface area (Å²) in [6.07, 6.45) is -10.5. The Morgan fingerprint density at radius 2 is 1.47 bits per heavy atom. The number of carbonyl (C=O) groups is 1. The molecule has 3 saturated heterocycles. The van der Waals surface area contributed by atoms with Gasteiger partial charge in [0.1, 0.15) is 23.9 Å². The van der Waals surface area contributed by atoms with E-state index in [4.69, 9.17) is 28.4 Å². The molecule has 0 saturated carbocycles. The summed E-state index contributed by atoms with van der Waals surface area (Å²) >= 11 is 0. The molecule has 3 aliphatic heterocycles. The Labute approximate surface area is 304 Å². The van der Waals surface area contributed by atoms with Crippen LogP contribution in [0.2, 0.25) is 0 Å². The van der Waals surface area contributed by atoms with E-state index in [1.165, 1.54) is 14.0 Å². The van der Waals surface area contributed by atoms with E-state index in [2.05, 4.69) is 0 Å². The van der Waals surface area contributed by atoms with Crippen molar-refractivity contribution in [1.29, 1.82) is 0 Å². The summed E-state index contributed by atoms with van der Waals surface area (Å²) in [5.74, 6) is -4.11. The summed E-state index contributed by atoms with van der Waals surface area (Å²) in [7, 11) is 5.20. The average Bonchev–Trinajstić information content (AvgIpc) is 3.05. The van der Waals surface area contributed by atoms with Crippen molar-refractivity contribution in [3.8, 4) is 0 Å². The predicted molar refractivity (Wildman–Crippen MR) is 187 cm³/mol. The number of aliphatic hydroxyl groups excluding tert-OH is 4. The van der Waals surface area contributed by atoms with E-state index in [0.29, 0.717) is 6.42 Å². The molecule has 0 aromatic carbocycles. The Morgan fingerprint density at radius 1 is 0.863 bits per heavy atom. The quantitative estimate of drug-likeness (QED) is 0.206. The number of hydrogen-bond acceptors (Lipinski definition) is 14. The lowest BCUT2D eigenvalue weighted by atomic mass is 9.73. The van der Waals surface area contributed by atoms with Crippen LogP contribution in [0.1, 0.15) is 94.9 Å². The Hall–Kier alpha value is -1.01. The Bertz CT molecular complexity index is 1120. The zero-order valence-electron chi connectivity index (χ0n) is 33.1. The first-order valence-corrected chi connectivity index (χ1v) is 18.6. The van der Waals surface area contributed by atoms with Gasteiger partial charge in [-0.05, 0) is 80.8 Å². The number of likely N-dealkylation sites (N-methyl/N-ethyl adjacent to an activating group) is 1. The number of carbonyl (C=O) groups excluding carboxylic acids is 1. The summed E-state index contributed by atoms with van der Waals surface area (Å²) in [6.45, 7) is 16.7. The lowest BCUT2D eigenvalue weighted by Gasteiger charge is -2.49. The molecule has 2 unspecified atom stereocenters. The van der Waals surface area contributed by atoms with E-state index >= 15 is 0 Å². The highest BCUT2D eigenvalue weighted by Crippen LogP contribution is 2.41. The van der Waals surface area contributed by atoms with E-state index in [0.717, 1.165) is 0 Å². The summed E-state index contributed by atoms with van der Waals surface area (Å²) in [5, 5.41) is 69.3. The molecule has 3 rings (SSSR count). The molecule has 0 aliphatic carbocycles. The first kappa shape index (κ1) is 44.4. The van der Waals surface area contributed by atoms with Crippen LogP contribution in [-0.2, 0) is 33.2 Å². The van der Waals surface area contributed by atoms with Crippen LogP contribution >= 0.6 is 0 Å². The van der Waals surface area contributed by atoms with Crippen molar-refractivity contribution in [3.05, 3.63) is 0 Å². The third kappa shape index (κ3) is 9.63. The van der Waals surface area contributed by atoms with Crippen LogP contribution in [0.5, 0.6) is 0 Å². The average molecular weight is 736 g/mol. The van der Waals surface area contributed by atoms with E-state index in [1.807, 2.05) is 25.9 Å². The molecule has 0 radical (unpaired) electrons. The van der Waals surface area contributed by atoms with E-state index in [1.54, 1.807) is 55.4 Å². The minimum atomic E-state index is -1.93. The van der Waals surface area contributed by atoms with Gasteiger partial charge in [-0.25, -0.2) is 0 Å². The number of aliphatic hydroxyl groups is 6. The molecule has 14 nitrogen and oxygen atoms in total. The molecule has 3 aliphatic rings.